The van der Waals surface area contributed by atoms with Crippen LogP contribution in [0.15, 0.2) is 30.5 Å². The summed E-state index contributed by atoms with van der Waals surface area (Å²) in [5, 5.41) is 20.6. The van der Waals surface area contributed by atoms with E-state index in [0.717, 1.165) is 32.2 Å². The second kappa shape index (κ2) is 13.4. The van der Waals surface area contributed by atoms with Crippen molar-refractivity contribution < 1.29 is 27.8 Å². The Labute approximate surface area is 299 Å². The number of hydrogen-bond acceptors (Lipinski definition) is 9. The number of alkyl halides is 1. The molecule has 3 saturated heterocycles. The number of terminal acetylenes is 1. The van der Waals surface area contributed by atoms with Crippen molar-refractivity contribution in [2.75, 3.05) is 44.2 Å². The molecule has 268 valence electrons. The Morgan fingerprint density at radius 1 is 1.10 bits per heavy atom. The molecule has 1 aliphatic carbocycles. The molecule has 2 unspecified atom stereocenters. The largest absolute Gasteiger partial charge is 0.508 e. The molecule has 3 aliphatic heterocycles. The van der Waals surface area contributed by atoms with Crippen molar-refractivity contribution in [3.8, 4) is 41.4 Å². The first-order valence-electron chi connectivity index (χ1n) is 17.9. The second-order valence-corrected chi connectivity index (χ2v) is 14.7. The van der Waals surface area contributed by atoms with E-state index in [1.165, 1.54) is 30.5 Å². The predicted molar refractivity (Wildman–Crippen MR) is 188 cm³/mol. The number of nitriles is 1. The number of hydrogen-bond donors (Lipinski definition) is 1. The molecule has 13 heteroatoms. The fourth-order valence-electron chi connectivity index (χ4n) is 8.32. The highest BCUT2D eigenvalue weighted by atomic mass is 19.1. The summed E-state index contributed by atoms with van der Waals surface area (Å²) in [4.78, 5) is 33.2. The number of carbonyl (C=O) groups excluding carboxylic acids is 1. The van der Waals surface area contributed by atoms with Gasteiger partial charge in [-0.3, -0.25) is 9.78 Å². The van der Waals surface area contributed by atoms with Gasteiger partial charge < -0.3 is 24.5 Å². The number of piperazine rings is 1. The summed E-state index contributed by atoms with van der Waals surface area (Å²) in [7, 11) is 0. The van der Waals surface area contributed by atoms with Gasteiger partial charge in [0.1, 0.15) is 34.8 Å². The van der Waals surface area contributed by atoms with Crippen LogP contribution in [0.4, 0.5) is 19.0 Å². The van der Waals surface area contributed by atoms with Crippen molar-refractivity contribution in [1.29, 1.82) is 5.26 Å². The molecule has 0 spiro atoms. The molecule has 4 aliphatic rings. The van der Waals surface area contributed by atoms with Crippen molar-refractivity contribution in [1.82, 2.24) is 24.8 Å². The van der Waals surface area contributed by atoms with Gasteiger partial charge in [-0.05, 0) is 62.1 Å². The van der Waals surface area contributed by atoms with Crippen molar-refractivity contribution in [3.63, 3.8) is 0 Å². The molecule has 10 nitrogen and oxygen atoms in total. The summed E-state index contributed by atoms with van der Waals surface area (Å²) in [5.41, 5.74) is -0.330. The monoisotopic (exact) mass is 709 g/mol. The number of carbonyl (C=O) groups is 1. The van der Waals surface area contributed by atoms with Crippen molar-refractivity contribution in [2.24, 2.45) is 5.41 Å². The number of ether oxygens (including phenoxy) is 1. The van der Waals surface area contributed by atoms with Crippen molar-refractivity contribution in [2.45, 2.75) is 69.6 Å². The average molecular weight is 710 g/mol. The maximum atomic E-state index is 17.0. The zero-order valence-corrected chi connectivity index (χ0v) is 28.6. The third-order valence-corrected chi connectivity index (χ3v) is 11.2. The van der Waals surface area contributed by atoms with Crippen molar-refractivity contribution >= 4 is 33.4 Å². The SMILES string of the molecule is C#Cc1c(F)ccc2cc(O)cc(-c3ncc4c(N5CC6CCC(C5)N6C(=O)CCC#N)nc(OCC5(CN6CCC(F)CC6)CC5)nc4c3F)c12. The fourth-order valence-corrected chi connectivity index (χ4v) is 8.32. The Balaban J connectivity index is 1.18. The van der Waals surface area contributed by atoms with Crippen LogP contribution < -0.4 is 9.64 Å². The Hall–Kier alpha value is -5.14. The lowest BCUT2D eigenvalue weighted by Gasteiger charge is -2.42. The lowest BCUT2D eigenvalue weighted by atomic mass is 9.96. The lowest BCUT2D eigenvalue weighted by molar-refractivity contribution is -0.134. The highest BCUT2D eigenvalue weighted by molar-refractivity contribution is 6.03. The molecular weight excluding hydrogens is 671 g/mol. The number of halogens is 3. The Morgan fingerprint density at radius 3 is 2.54 bits per heavy atom. The molecule has 2 aromatic heterocycles. The van der Waals surface area contributed by atoms with E-state index in [9.17, 15) is 18.7 Å². The van der Waals surface area contributed by atoms with E-state index in [1.807, 2.05) is 9.80 Å². The van der Waals surface area contributed by atoms with Gasteiger partial charge in [0.2, 0.25) is 5.91 Å². The van der Waals surface area contributed by atoms with Crippen LogP contribution in [0.1, 0.15) is 56.9 Å². The summed E-state index contributed by atoms with van der Waals surface area (Å²) in [5.74, 6) is 1.10. The minimum absolute atomic E-state index is 0.0108. The smallest absolute Gasteiger partial charge is 0.319 e. The first-order chi connectivity index (χ1) is 25.2. The predicted octanol–water partition coefficient (Wildman–Crippen LogP) is 5.89. The fraction of sp³-hybridized carbons (Fsp3) is 0.462. The molecule has 2 atom stereocenters. The van der Waals surface area contributed by atoms with Gasteiger partial charge in [-0.2, -0.15) is 15.2 Å². The zero-order valence-electron chi connectivity index (χ0n) is 28.6. The van der Waals surface area contributed by atoms with Gasteiger partial charge in [0, 0.05) is 80.2 Å². The Bertz CT molecular complexity index is 2140. The van der Waals surface area contributed by atoms with E-state index >= 15 is 4.39 Å². The number of rotatable bonds is 9. The quantitative estimate of drug-likeness (QED) is 0.213. The molecule has 4 fully saturated rings. The molecule has 52 heavy (non-hydrogen) atoms. The summed E-state index contributed by atoms with van der Waals surface area (Å²) in [6.07, 6.45) is 11.2. The summed E-state index contributed by atoms with van der Waals surface area (Å²) < 4.78 is 52.0. The van der Waals surface area contributed by atoms with Crippen LogP contribution in [0.3, 0.4) is 0 Å². The van der Waals surface area contributed by atoms with Crippen LogP contribution in [0, 0.1) is 40.7 Å². The van der Waals surface area contributed by atoms with Gasteiger partial charge in [-0.25, -0.2) is 13.2 Å². The number of amides is 1. The highest BCUT2D eigenvalue weighted by Gasteiger charge is 2.46. The molecule has 5 heterocycles. The van der Waals surface area contributed by atoms with Crippen LogP contribution >= 0.6 is 0 Å². The average Bonchev–Trinajstić information content (AvgIpc) is 3.85. The molecule has 2 aromatic carbocycles. The number of pyridine rings is 1. The van der Waals surface area contributed by atoms with E-state index in [2.05, 4.69) is 26.9 Å². The van der Waals surface area contributed by atoms with Gasteiger partial charge in [0.15, 0.2) is 5.82 Å². The third kappa shape index (κ3) is 6.21. The van der Waals surface area contributed by atoms with E-state index in [1.54, 1.807) is 0 Å². The van der Waals surface area contributed by atoms with E-state index in [-0.39, 0.29) is 75.7 Å². The molecule has 1 saturated carbocycles. The first-order valence-corrected chi connectivity index (χ1v) is 17.9. The van der Waals surface area contributed by atoms with Crippen LogP contribution in [0.25, 0.3) is 32.9 Å². The van der Waals surface area contributed by atoms with E-state index < -0.39 is 17.8 Å². The zero-order chi connectivity index (χ0) is 36.1. The molecule has 2 bridgehead atoms. The molecule has 4 aromatic rings. The third-order valence-electron chi connectivity index (χ3n) is 11.2. The van der Waals surface area contributed by atoms with Crippen LogP contribution in [0.2, 0.25) is 0 Å². The second-order valence-electron chi connectivity index (χ2n) is 14.7. The van der Waals surface area contributed by atoms with E-state index in [0.29, 0.717) is 62.2 Å². The number of benzene rings is 2. The topological polar surface area (TPSA) is 119 Å². The number of likely N-dealkylation sites (tertiary alicyclic amines) is 1. The number of phenolic OH excluding ortho intramolecular Hbond substituents is 1. The summed E-state index contributed by atoms with van der Waals surface area (Å²) in [6.45, 7) is 3.36. The van der Waals surface area contributed by atoms with Gasteiger partial charge in [0.05, 0.1) is 23.6 Å². The number of aromatic nitrogens is 3. The molecular formula is C39H38F3N7O3. The minimum Gasteiger partial charge on any atom is -0.508 e. The van der Waals surface area contributed by atoms with Crippen LogP contribution in [-0.4, -0.2) is 93.4 Å². The van der Waals surface area contributed by atoms with E-state index in [4.69, 9.17) is 21.4 Å². The number of anilines is 1. The number of aromatic hydroxyl groups is 1. The maximum Gasteiger partial charge on any atom is 0.319 e. The van der Waals surface area contributed by atoms with Gasteiger partial charge in [-0.15, -0.1) is 6.42 Å². The molecule has 0 radical (unpaired) electrons. The molecule has 8 rings (SSSR count). The molecule has 1 N–H and O–H groups in total. The lowest BCUT2D eigenvalue weighted by Crippen LogP contribution is -2.56. The van der Waals surface area contributed by atoms with Gasteiger partial charge in [-0.1, -0.05) is 12.0 Å². The van der Waals surface area contributed by atoms with Crippen LogP contribution in [0.5, 0.6) is 11.8 Å². The highest BCUT2D eigenvalue weighted by Crippen LogP contribution is 2.47. The van der Waals surface area contributed by atoms with Crippen molar-refractivity contribution in [3.05, 3.63) is 47.7 Å². The van der Waals surface area contributed by atoms with Gasteiger partial charge in [0.25, 0.3) is 0 Å². The Kier molecular flexibility index (Phi) is 8.78. The summed E-state index contributed by atoms with van der Waals surface area (Å²) >= 11 is 0. The Morgan fingerprint density at radius 2 is 1.85 bits per heavy atom. The minimum atomic E-state index is -0.811. The maximum absolute atomic E-state index is 17.0. The number of fused-ring (bicyclic) bond motifs is 4. The normalized spacial score (nSPS) is 21.3. The summed E-state index contributed by atoms with van der Waals surface area (Å²) in [6, 6.07) is 7.24. The first kappa shape index (κ1) is 34.0. The van der Waals surface area contributed by atoms with Gasteiger partial charge >= 0.3 is 6.01 Å². The van der Waals surface area contributed by atoms with Crippen LogP contribution in [-0.2, 0) is 4.79 Å². The number of piperidine rings is 1. The standard InChI is InChI=1S/C39H38F3N7O3/c1-2-28-31(41)8-5-23-16-27(50)17-29(33(23)28)35-34(42)36-30(18-44-35)37(48-19-25-6-7-26(20-48)49(25)32(51)4-3-13-43)46-38(45-36)52-22-39(11-12-39)21-47-14-9-24(40)10-15-47/h1,5,8,16-18,24-26,50H,3-4,6-7,9-12,14-15,19-22H2. The molecule has 1 amide bonds. The number of nitrogens with zero attached hydrogens (tertiary/aromatic N) is 7. The number of phenols is 1.